The maximum absolute atomic E-state index is 2.33. The minimum Gasteiger partial charge on any atom is -0.311 e. The summed E-state index contributed by atoms with van der Waals surface area (Å²) in [5.74, 6) is 0. The molecule has 10 rings (SSSR count). The number of rotatable bonds is 12. The van der Waals surface area contributed by atoms with E-state index in [-0.39, 0.29) is 0 Å². The van der Waals surface area contributed by atoms with Crippen LogP contribution in [0.25, 0.3) is 33.4 Å². The van der Waals surface area contributed by atoms with Crippen molar-refractivity contribution in [3.05, 3.63) is 273 Å². The van der Waals surface area contributed by atoms with Crippen LogP contribution in [0.4, 0.5) is 51.2 Å². The van der Waals surface area contributed by atoms with Crippen LogP contribution in [-0.4, -0.2) is 0 Å². The lowest BCUT2D eigenvalue weighted by Crippen LogP contribution is -2.10. The first-order valence-corrected chi connectivity index (χ1v) is 21.4. The van der Waals surface area contributed by atoms with E-state index in [9.17, 15) is 0 Å². The van der Waals surface area contributed by atoms with Crippen molar-refractivity contribution in [3.8, 4) is 33.4 Å². The first kappa shape index (κ1) is 38.8. The Kier molecular flexibility index (Phi) is 11.1. The summed E-state index contributed by atoms with van der Waals surface area (Å²) in [5, 5.41) is 0. The van der Waals surface area contributed by atoms with Crippen LogP contribution in [0, 0.1) is 0 Å². The zero-order valence-corrected chi connectivity index (χ0v) is 34.8. The smallest absolute Gasteiger partial charge is 0.0467 e. The number of anilines is 9. The molecular formula is C60H45N3. The molecule has 0 aliphatic heterocycles. The first-order valence-electron chi connectivity index (χ1n) is 21.4. The van der Waals surface area contributed by atoms with Gasteiger partial charge in [-0.3, -0.25) is 0 Å². The summed E-state index contributed by atoms with van der Waals surface area (Å²) in [6.45, 7) is 0. The maximum Gasteiger partial charge on any atom is 0.0467 e. The fraction of sp³-hybridized carbons (Fsp3) is 0. The van der Waals surface area contributed by atoms with E-state index in [1.54, 1.807) is 0 Å². The molecule has 0 aliphatic carbocycles. The lowest BCUT2D eigenvalue weighted by molar-refractivity contribution is 1.28. The SMILES string of the molecule is c1ccc(N(c2ccccc2)c2ccc(-c3ccc(-c4cccc(N(c5ccccc5)c5ccc(-c6ccc(N(c7ccccc7)c7ccccc7)cc6)cc5)c4)cc3)cc2)cc1. The lowest BCUT2D eigenvalue weighted by Gasteiger charge is -2.26. The van der Waals surface area contributed by atoms with Gasteiger partial charge in [-0.15, -0.1) is 0 Å². The second-order valence-corrected chi connectivity index (χ2v) is 15.5. The van der Waals surface area contributed by atoms with Crippen molar-refractivity contribution in [2.24, 2.45) is 0 Å². The highest BCUT2D eigenvalue weighted by Gasteiger charge is 2.16. The average molecular weight is 808 g/mol. The molecule has 0 amide bonds. The molecular weight excluding hydrogens is 763 g/mol. The molecule has 10 aromatic rings. The fourth-order valence-electron chi connectivity index (χ4n) is 8.32. The number of hydrogen-bond donors (Lipinski definition) is 0. The van der Waals surface area contributed by atoms with E-state index in [1.165, 1.54) is 22.3 Å². The van der Waals surface area contributed by atoms with Crippen molar-refractivity contribution in [1.29, 1.82) is 0 Å². The zero-order chi connectivity index (χ0) is 42.2. The van der Waals surface area contributed by atoms with E-state index in [1.807, 2.05) is 0 Å². The van der Waals surface area contributed by atoms with Crippen molar-refractivity contribution < 1.29 is 0 Å². The third-order valence-electron chi connectivity index (χ3n) is 11.4. The lowest BCUT2D eigenvalue weighted by atomic mass is 9.99. The van der Waals surface area contributed by atoms with Gasteiger partial charge in [0, 0.05) is 51.2 Å². The Hall–Kier alpha value is -8.40. The van der Waals surface area contributed by atoms with E-state index in [4.69, 9.17) is 0 Å². The van der Waals surface area contributed by atoms with Gasteiger partial charge in [0.15, 0.2) is 0 Å². The number of benzene rings is 10. The minimum atomic E-state index is 1.09. The molecule has 0 bridgehead atoms. The monoisotopic (exact) mass is 807 g/mol. The van der Waals surface area contributed by atoms with Gasteiger partial charge in [-0.05, 0) is 143 Å². The molecule has 0 saturated heterocycles. The quantitative estimate of drug-likeness (QED) is 0.122. The Morgan fingerprint density at radius 3 is 0.635 bits per heavy atom. The molecule has 0 N–H and O–H groups in total. The van der Waals surface area contributed by atoms with Gasteiger partial charge in [-0.1, -0.05) is 164 Å². The van der Waals surface area contributed by atoms with Gasteiger partial charge in [-0.25, -0.2) is 0 Å². The van der Waals surface area contributed by atoms with E-state index < -0.39 is 0 Å². The molecule has 10 aromatic carbocycles. The molecule has 63 heavy (non-hydrogen) atoms. The molecule has 300 valence electrons. The molecule has 3 nitrogen and oxygen atoms in total. The van der Waals surface area contributed by atoms with E-state index in [0.29, 0.717) is 0 Å². The number of nitrogens with zero attached hydrogens (tertiary/aromatic N) is 3. The van der Waals surface area contributed by atoms with Gasteiger partial charge >= 0.3 is 0 Å². The van der Waals surface area contributed by atoms with Crippen LogP contribution < -0.4 is 14.7 Å². The molecule has 0 fully saturated rings. The molecule has 0 aliphatic rings. The van der Waals surface area contributed by atoms with Crippen molar-refractivity contribution in [1.82, 2.24) is 0 Å². The van der Waals surface area contributed by atoms with Gasteiger partial charge in [0.2, 0.25) is 0 Å². The van der Waals surface area contributed by atoms with Crippen LogP contribution in [0.15, 0.2) is 273 Å². The molecule has 0 aromatic heterocycles. The van der Waals surface area contributed by atoms with Crippen LogP contribution >= 0.6 is 0 Å². The van der Waals surface area contributed by atoms with Gasteiger partial charge in [0.05, 0.1) is 0 Å². The predicted molar refractivity (Wildman–Crippen MR) is 267 cm³/mol. The largest absolute Gasteiger partial charge is 0.311 e. The zero-order valence-electron chi connectivity index (χ0n) is 34.8. The minimum absolute atomic E-state index is 1.09. The highest BCUT2D eigenvalue weighted by atomic mass is 15.2. The normalized spacial score (nSPS) is 10.9. The summed E-state index contributed by atoms with van der Waals surface area (Å²) in [6, 6.07) is 97.0. The fourth-order valence-corrected chi connectivity index (χ4v) is 8.32. The highest BCUT2D eigenvalue weighted by Crippen LogP contribution is 2.40. The van der Waals surface area contributed by atoms with E-state index in [2.05, 4.69) is 288 Å². The van der Waals surface area contributed by atoms with Crippen molar-refractivity contribution in [2.75, 3.05) is 14.7 Å². The van der Waals surface area contributed by atoms with Crippen LogP contribution in [0.1, 0.15) is 0 Å². The Morgan fingerprint density at radius 2 is 0.349 bits per heavy atom. The summed E-state index contributed by atoms with van der Waals surface area (Å²) >= 11 is 0. The van der Waals surface area contributed by atoms with Gasteiger partial charge in [-0.2, -0.15) is 0 Å². The van der Waals surface area contributed by atoms with Crippen LogP contribution in [0.2, 0.25) is 0 Å². The molecule has 0 radical (unpaired) electrons. The van der Waals surface area contributed by atoms with Gasteiger partial charge in [0.1, 0.15) is 0 Å². The molecule has 0 saturated carbocycles. The molecule has 3 heteroatoms. The van der Waals surface area contributed by atoms with Crippen molar-refractivity contribution in [2.45, 2.75) is 0 Å². The van der Waals surface area contributed by atoms with E-state index in [0.717, 1.165) is 62.3 Å². The Labute approximate surface area is 370 Å². The third kappa shape index (κ3) is 8.50. The van der Waals surface area contributed by atoms with E-state index >= 15 is 0 Å². The van der Waals surface area contributed by atoms with Crippen molar-refractivity contribution in [3.63, 3.8) is 0 Å². The summed E-state index contributed by atoms with van der Waals surface area (Å²) in [4.78, 5) is 6.91. The predicted octanol–water partition coefficient (Wildman–Crippen LogP) is 17.1. The number of para-hydroxylation sites is 5. The summed E-state index contributed by atoms with van der Waals surface area (Å²) in [7, 11) is 0. The maximum atomic E-state index is 2.33. The first-order chi connectivity index (χ1) is 31.2. The van der Waals surface area contributed by atoms with Crippen LogP contribution in [0.3, 0.4) is 0 Å². The third-order valence-corrected chi connectivity index (χ3v) is 11.4. The topological polar surface area (TPSA) is 9.72 Å². The molecule has 0 heterocycles. The molecule has 0 unspecified atom stereocenters. The van der Waals surface area contributed by atoms with Gasteiger partial charge in [0.25, 0.3) is 0 Å². The average Bonchev–Trinajstić information content (AvgIpc) is 3.37. The summed E-state index contributed by atoms with van der Waals surface area (Å²) in [5.41, 5.74) is 17.0. The number of hydrogen-bond acceptors (Lipinski definition) is 3. The summed E-state index contributed by atoms with van der Waals surface area (Å²) < 4.78 is 0. The Morgan fingerprint density at radius 1 is 0.143 bits per heavy atom. The Bertz CT molecular complexity index is 2910. The van der Waals surface area contributed by atoms with Crippen molar-refractivity contribution >= 4 is 51.2 Å². The second kappa shape index (κ2) is 18.1. The Balaban J connectivity index is 0.897. The molecule has 0 atom stereocenters. The van der Waals surface area contributed by atoms with Crippen LogP contribution in [0.5, 0.6) is 0 Å². The van der Waals surface area contributed by atoms with Crippen LogP contribution in [-0.2, 0) is 0 Å². The molecule has 0 spiro atoms. The van der Waals surface area contributed by atoms with Gasteiger partial charge < -0.3 is 14.7 Å². The summed E-state index contributed by atoms with van der Waals surface area (Å²) in [6.07, 6.45) is 0. The second-order valence-electron chi connectivity index (χ2n) is 15.5. The highest BCUT2D eigenvalue weighted by molar-refractivity contribution is 5.83. The standard InChI is InChI=1S/C60H45N3/c1-6-18-52(19-7-1)61(53-20-8-2-9-21-53)57-39-33-47(34-40-57)46-29-31-50(32-30-46)51-17-16-28-60(45-51)63(56-26-14-5-15-27-56)59-43-37-49(38-44-59)48-35-41-58(42-36-48)62(54-22-10-3-11-23-54)55-24-12-4-13-25-55/h1-45H.